The number of carbonyl (C=O) groups excluding carboxylic acids is 1. The number of nitrogens with two attached hydrogens (primary N) is 1. The highest BCUT2D eigenvalue weighted by Gasteiger charge is 2.30. The average molecular weight is 347 g/mol. The molecule has 0 unspecified atom stereocenters. The number of aliphatic hydroxyl groups excluding tert-OH is 1. The van der Waals surface area contributed by atoms with Crippen molar-refractivity contribution >= 4 is 17.7 Å². The van der Waals surface area contributed by atoms with Crippen LogP contribution in [0, 0.1) is 5.92 Å². The van der Waals surface area contributed by atoms with Gasteiger partial charge in [-0.1, -0.05) is 0 Å². The Balaban J connectivity index is 1.56. The van der Waals surface area contributed by atoms with Crippen LogP contribution in [0.25, 0.3) is 0 Å². The summed E-state index contributed by atoms with van der Waals surface area (Å²) in [6, 6.07) is 2.06. The van der Waals surface area contributed by atoms with Crippen LogP contribution in [0.5, 0.6) is 0 Å². The third-order valence-corrected chi connectivity index (χ3v) is 5.44. The molecule has 1 aromatic rings. The Morgan fingerprint density at radius 1 is 1.20 bits per heavy atom. The molecule has 3 aliphatic rings. The molecule has 4 rings (SSSR count). The zero-order valence-corrected chi connectivity index (χ0v) is 14.3. The summed E-state index contributed by atoms with van der Waals surface area (Å²) in [6.07, 6.45) is 2.21. The van der Waals surface area contributed by atoms with Gasteiger partial charge >= 0.3 is 0 Å². The van der Waals surface area contributed by atoms with Crippen molar-refractivity contribution in [3.8, 4) is 0 Å². The van der Waals surface area contributed by atoms with Crippen LogP contribution in [0.4, 0.5) is 11.8 Å². The molecule has 4 heterocycles. The molecule has 3 aliphatic heterocycles. The number of hydrogen-bond donors (Lipinski definition) is 2. The molecular weight excluding hydrogens is 322 g/mol. The molecule has 136 valence electrons. The minimum atomic E-state index is -0.295. The summed E-state index contributed by atoms with van der Waals surface area (Å²) in [5.41, 5.74) is 6.44. The van der Waals surface area contributed by atoms with E-state index in [9.17, 15) is 9.90 Å². The van der Waals surface area contributed by atoms with Crippen molar-refractivity contribution in [1.29, 1.82) is 0 Å². The van der Waals surface area contributed by atoms with Crippen LogP contribution < -0.4 is 15.5 Å². The predicted octanol–water partition coefficient (Wildman–Crippen LogP) is -0.137. The second-order valence-electron chi connectivity index (χ2n) is 7.23. The number of aromatic nitrogens is 2. The van der Waals surface area contributed by atoms with E-state index in [0.29, 0.717) is 31.6 Å². The van der Waals surface area contributed by atoms with Crippen molar-refractivity contribution in [2.75, 3.05) is 49.2 Å². The summed E-state index contributed by atoms with van der Waals surface area (Å²) < 4.78 is 5.52. The number of ether oxygens (including phenoxy) is 1. The average Bonchev–Trinajstić information content (AvgIpc) is 3.13. The summed E-state index contributed by atoms with van der Waals surface area (Å²) in [5, 5.41) is 9.59. The standard InChI is InChI=1S/C17H25N5O3/c18-16(24)11-1-4-21(5-2-11)15-7-14(12-3-6-25-10-12)19-17(20-15)22-8-13(23)9-22/h7,11-13,23H,1-6,8-10H2,(H2,18,24)/t12-/m0/s1. The van der Waals surface area contributed by atoms with Gasteiger partial charge in [0.05, 0.1) is 18.4 Å². The Bertz CT molecular complexity index is 635. The number of piperidine rings is 1. The molecule has 1 atom stereocenters. The lowest BCUT2D eigenvalue weighted by Crippen LogP contribution is -2.51. The minimum absolute atomic E-state index is 0.0363. The normalized spacial score (nSPS) is 25.2. The summed E-state index contributed by atoms with van der Waals surface area (Å²) in [4.78, 5) is 25.1. The Morgan fingerprint density at radius 3 is 2.56 bits per heavy atom. The van der Waals surface area contributed by atoms with Crippen molar-refractivity contribution in [3.05, 3.63) is 11.8 Å². The summed E-state index contributed by atoms with van der Waals surface area (Å²) in [5.74, 6) is 1.64. The van der Waals surface area contributed by atoms with Crippen LogP contribution in [-0.2, 0) is 9.53 Å². The number of amides is 1. The van der Waals surface area contributed by atoms with Crippen molar-refractivity contribution in [2.24, 2.45) is 11.7 Å². The van der Waals surface area contributed by atoms with Gasteiger partial charge in [0.2, 0.25) is 11.9 Å². The summed E-state index contributed by atoms with van der Waals surface area (Å²) in [7, 11) is 0. The summed E-state index contributed by atoms with van der Waals surface area (Å²) in [6.45, 7) is 4.16. The molecule has 3 saturated heterocycles. The second kappa shape index (κ2) is 6.76. The van der Waals surface area contributed by atoms with Gasteiger partial charge < -0.3 is 25.4 Å². The maximum atomic E-state index is 11.4. The van der Waals surface area contributed by atoms with Gasteiger partial charge in [-0.25, -0.2) is 4.98 Å². The van der Waals surface area contributed by atoms with E-state index in [-0.39, 0.29) is 17.9 Å². The van der Waals surface area contributed by atoms with Gasteiger partial charge in [-0.2, -0.15) is 4.98 Å². The molecule has 0 radical (unpaired) electrons. The quantitative estimate of drug-likeness (QED) is 0.781. The highest BCUT2D eigenvalue weighted by Crippen LogP contribution is 2.30. The van der Waals surface area contributed by atoms with Gasteiger partial charge in [0.1, 0.15) is 5.82 Å². The van der Waals surface area contributed by atoms with Crippen molar-refractivity contribution < 1.29 is 14.6 Å². The SMILES string of the molecule is NC(=O)C1CCN(c2cc([C@H]3CCOC3)nc(N3CC(O)C3)n2)CC1. The topological polar surface area (TPSA) is 105 Å². The Labute approximate surface area is 147 Å². The zero-order chi connectivity index (χ0) is 17.4. The smallest absolute Gasteiger partial charge is 0.227 e. The fraction of sp³-hybridized carbons (Fsp3) is 0.706. The first-order valence-electron chi connectivity index (χ1n) is 9.04. The predicted molar refractivity (Wildman–Crippen MR) is 92.6 cm³/mol. The van der Waals surface area contributed by atoms with E-state index in [1.54, 1.807) is 0 Å². The first-order valence-corrected chi connectivity index (χ1v) is 9.04. The molecule has 3 fully saturated rings. The molecule has 8 nitrogen and oxygen atoms in total. The molecule has 8 heteroatoms. The van der Waals surface area contributed by atoms with Gasteiger partial charge in [-0.05, 0) is 19.3 Å². The van der Waals surface area contributed by atoms with E-state index in [1.807, 2.05) is 4.90 Å². The number of primary amides is 1. The number of carbonyl (C=O) groups is 1. The highest BCUT2D eigenvalue weighted by atomic mass is 16.5. The fourth-order valence-electron chi connectivity index (χ4n) is 3.73. The first-order chi connectivity index (χ1) is 12.1. The van der Waals surface area contributed by atoms with Crippen LogP contribution in [0.3, 0.4) is 0 Å². The van der Waals surface area contributed by atoms with Crippen LogP contribution in [0.15, 0.2) is 6.07 Å². The van der Waals surface area contributed by atoms with Crippen molar-refractivity contribution in [3.63, 3.8) is 0 Å². The number of rotatable bonds is 4. The van der Waals surface area contributed by atoms with Crippen LogP contribution in [0.2, 0.25) is 0 Å². The second-order valence-corrected chi connectivity index (χ2v) is 7.23. The lowest BCUT2D eigenvalue weighted by molar-refractivity contribution is -0.122. The summed E-state index contributed by atoms with van der Waals surface area (Å²) >= 11 is 0. The van der Waals surface area contributed by atoms with Gasteiger partial charge in [0.25, 0.3) is 0 Å². The van der Waals surface area contributed by atoms with Gasteiger partial charge in [0, 0.05) is 50.7 Å². The van der Waals surface area contributed by atoms with E-state index in [0.717, 1.165) is 50.5 Å². The Hall–Kier alpha value is -1.93. The van der Waals surface area contributed by atoms with E-state index in [2.05, 4.69) is 11.0 Å². The maximum Gasteiger partial charge on any atom is 0.227 e. The monoisotopic (exact) mass is 347 g/mol. The number of hydrogen-bond acceptors (Lipinski definition) is 7. The first kappa shape index (κ1) is 16.5. The molecule has 0 aromatic carbocycles. The van der Waals surface area contributed by atoms with Crippen LogP contribution >= 0.6 is 0 Å². The molecule has 3 N–H and O–H groups in total. The molecule has 0 aliphatic carbocycles. The van der Waals surface area contributed by atoms with E-state index >= 15 is 0 Å². The van der Waals surface area contributed by atoms with Crippen LogP contribution in [0.1, 0.15) is 30.9 Å². The number of nitrogens with zero attached hydrogens (tertiary/aromatic N) is 4. The number of anilines is 2. The van der Waals surface area contributed by atoms with Crippen molar-refractivity contribution in [1.82, 2.24) is 9.97 Å². The Morgan fingerprint density at radius 2 is 1.96 bits per heavy atom. The molecule has 0 saturated carbocycles. The largest absolute Gasteiger partial charge is 0.389 e. The third kappa shape index (κ3) is 3.41. The van der Waals surface area contributed by atoms with E-state index in [4.69, 9.17) is 20.4 Å². The maximum absolute atomic E-state index is 11.4. The van der Waals surface area contributed by atoms with Gasteiger partial charge in [-0.3, -0.25) is 4.79 Å². The highest BCUT2D eigenvalue weighted by molar-refractivity contribution is 5.77. The van der Waals surface area contributed by atoms with Crippen LogP contribution in [-0.4, -0.2) is 66.5 Å². The molecular formula is C17H25N5O3. The Kier molecular flexibility index (Phi) is 4.47. The van der Waals surface area contributed by atoms with Gasteiger partial charge in [-0.15, -0.1) is 0 Å². The molecule has 1 amide bonds. The molecule has 1 aromatic heterocycles. The van der Waals surface area contributed by atoms with E-state index in [1.165, 1.54) is 0 Å². The number of aliphatic hydroxyl groups is 1. The van der Waals surface area contributed by atoms with Crippen molar-refractivity contribution in [2.45, 2.75) is 31.3 Å². The lowest BCUT2D eigenvalue weighted by atomic mass is 9.96. The molecule has 25 heavy (non-hydrogen) atoms. The molecule has 0 bridgehead atoms. The third-order valence-electron chi connectivity index (χ3n) is 5.44. The fourth-order valence-corrected chi connectivity index (χ4v) is 3.73. The van der Waals surface area contributed by atoms with Gasteiger partial charge in [0.15, 0.2) is 0 Å². The molecule has 0 spiro atoms. The lowest BCUT2D eigenvalue weighted by Gasteiger charge is -2.37. The van der Waals surface area contributed by atoms with E-state index < -0.39 is 0 Å². The number of β-amino-alcohol motifs (C(OH)–C–C–N with tert-alkyl or cyclic N) is 1. The minimum Gasteiger partial charge on any atom is -0.389 e. The zero-order valence-electron chi connectivity index (χ0n) is 14.3.